The molecule has 3 N–H and O–H groups in total. The third kappa shape index (κ3) is 6.91. The maximum absolute atomic E-state index is 11.6. The van der Waals surface area contributed by atoms with Crippen molar-refractivity contribution in [1.82, 2.24) is 0 Å². The van der Waals surface area contributed by atoms with Gasteiger partial charge in [-0.3, -0.25) is 4.79 Å². The number of anilines is 1. The molecule has 1 rings (SSSR count). The summed E-state index contributed by atoms with van der Waals surface area (Å²) in [4.78, 5) is 11.6. The van der Waals surface area contributed by atoms with Gasteiger partial charge in [0.25, 0.3) is 0 Å². The highest BCUT2D eigenvalue weighted by molar-refractivity contribution is 5.90. The Bertz CT molecular complexity index is 365. The van der Waals surface area contributed by atoms with E-state index in [-0.39, 0.29) is 5.91 Å². The number of methoxy groups -OCH3 is 1. The summed E-state index contributed by atoms with van der Waals surface area (Å²) >= 11 is 0. The molecule has 1 amide bonds. The minimum absolute atomic E-state index is 0.00385. The van der Waals surface area contributed by atoms with E-state index >= 15 is 0 Å². The van der Waals surface area contributed by atoms with Gasteiger partial charge in [0, 0.05) is 32.4 Å². The molecule has 0 saturated heterocycles. The molecule has 19 heavy (non-hydrogen) atoms. The zero-order valence-electron chi connectivity index (χ0n) is 11.4. The quantitative estimate of drug-likeness (QED) is 0.665. The van der Waals surface area contributed by atoms with Crippen molar-refractivity contribution in [3.8, 4) is 0 Å². The molecular weight excluding hydrogens is 244 g/mol. The average Bonchev–Trinajstić information content (AvgIpc) is 2.43. The highest BCUT2D eigenvalue weighted by Crippen LogP contribution is 2.09. The fourth-order valence-corrected chi connectivity index (χ4v) is 1.53. The smallest absolute Gasteiger partial charge is 0.224 e. The molecule has 0 spiro atoms. The first-order valence-corrected chi connectivity index (χ1v) is 6.42. The predicted molar refractivity (Wildman–Crippen MR) is 74.9 cm³/mol. The molecule has 0 aliphatic rings. The van der Waals surface area contributed by atoms with Crippen molar-refractivity contribution in [3.05, 3.63) is 29.8 Å². The van der Waals surface area contributed by atoms with Gasteiger partial charge in [0.1, 0.15) is 0 Å². The van der Waals surface area contributed by atoms with Crippen LogP contribution in [0.3, 0.4) is 0 Å². The molecule has 0 fully saturated rings. The van der Waals surface area contributed by atoms with Crippen LogP contribution in [0.25, 0.3) is 0 Å². The van der Waals surface area contributed by atoms with Crippen LogP contribution in [-0.4, -0.2) is 32.8 Å². The van der Waals surface area contributed by atoms with Crippen molar-refractivity contribution in [2.45, 2.75) is 19.4 Å². The van der Waals surface area contributed by atoms with E-state index in [9.17, 15) is 4.79 Å². The van der Waals surface area contributed by atoms with Crippen LogP contribution >= 0.6 is 0 Å². The number of carbonyl (C=O) groups is 1. The number of rotatable bonds is 9. The van der Waals surface area contributed by atoms with Gasteiger partial charge in [-0.05, 0) is 24.1 Å². The van der Waals surface area contributed by atoms with Crippen LogP contribution in [0.4, 0.5) is 5.69 Å². The lowest BCUT2D eigenvalue weighted by molar-refractivity contribution is -0.116. The summed E-state index contributed by atoms with van der Waals surface area (Å²) in [5.74, 6) is -0.00385. The van der Waals surface area contributed by atoms with Gasteiger partial charge >= 0.3 is 0 Å². The molecule has 1 aromatic rings. The summed E-state index contributed by atoms with van der Waals surface area (Å²) < 4.78 is 10.1. The van der Waals surface area contributed by atoms with E-state index in [2.05, 4.69) is 5.32 Å². The Morgan fingerprint density at radius 1 is 1.21 bits per heavy atom. The van der Waals surface area contributed by atoms with Gasteiger partial charge in [0.05, 0.1) is 13.2 Å². The molecule has 5 heteroatoms. The molecule has 0 radical (unpaired) electrons. The van der Waals surface area contributed by atoms with Gasteiger partial charge in [0.15, 0.2) is 0 Å². The van der Waals surface area contributed by atoms with E-state index in [0.717, 1.165) is 11.3 Å². The highest BCUT2D eigenvalue weighted by Gasteiger charge is 2.02. The Morgan fingerprint density at radius 3 is 2.58 bits per heavy atom. The van der Waals surface area contributed by atoms with Crippen LogP contribution < -0.4 is 11.1 Å². The maximum atomic E-state index is 11.6. The second kappa shape index (κ2) is 9.49. The summed E-state index contributed by atoms with van der Waals surface area (Å²) in [5.41, 5.74) is 7.35. The minimum atomic E-state index is -0.00385. The van der Waals surface area contributed by atoms with Gasteiger partial charge in [-0.25, -0.2) is 0 Å². The third-order valence-electron chi connectivity index (χ3n) is 2.60. The molecule has 0 bridgehead atoms. The minimum Gasteiger partial charge on any atom is -0.382 e. The fourth-order valence-electron chi connectivity index (χ4n) is 1.53. The second-order valence-corrected chi connectivity index (χ2v) is 4.16. The maximum Gasteiger partial charge on any atom is 0.224 e. The molecular formula is C14H22N2O3. The predicted octanol–water partition coefficient (Wildman–Crippen LogP) is 1.53. The number of ether oxygens (including phenoxy) is 2. The van der Waals surface area contributed by atoms with Gasteiger partial charge < -0.3 is 20.5 Å². The number of hydrogen-bond acceptors (Lipinski definition) is 4. The van der Waals surface area contributed by atoms with Crippen LogP contribution in [0.2, 0.25) is 0 Å². The van der Waals surface area contributed by atoms with E-state index in [1.54, 1.807) is 7.11 Å². The summed E-state index contributed by atoms with van der Waals surface area (Å²) in [6, 6.07) is 7.53. The Balaban J connectivity index is 2.16. The number of benzene rings is 1. The largest absolute Gasteiger partial charge is 0.382 e. The third-order valence-corrected chi connectivity index (χ3v) is 2.60. The van der Waals surface area contributed by atoms with Crippen molar-refractivity contribution >= 4 is 11.6 Å². The SMILES string of the molecule is COCCOCCCC(=O)Nc1ccc(CN)cc1. The Labute approximate surface area is 114 Å². The molecule has 0 saturated carbocycles. The van der Waals surface area contributed by atoms with E-state index in [1.165, 1.54) is 0 Å². The zero-order valence-corrected chi connectivity index (χ0v) is 11.4. The normalized spacial score (nSPS) is 10.4. The molecule has 1 aromatic carbocycles. The zero-order chi connectivity index (χ0) is 13.9. The first kappa shape index (κ1) is 15.6. The van der Waals surface area contributed by atoms with Gasteiger partial charge in [-0.1, -0.05) is 12.1 Å². The molecule has 0 heterocycles. The number of nitrogens with two attached hydrogens (primary N) is 1. The van der Waals surface area contributed by atoms with E-state index in [1.807, 2.05) is 24.3 Å². The summed E-state index contributed by atoms with van der Waals surface area (Å²) in [6.45, 7) is 2.23. The molecule has 0 unspecified atom stereocenters. The molecule has 0 atom stereocenters. The highest BCUT2D eigenvalue weighted by atomic mass is 16.5. The monoisotopic (exact) mass is 266 g/mol. The number of nitrogens with one attached hydrogen (secondary N) is 1. The van der Waals surface area contributed by atoms with Crippen LogP contribution in [0.1, 0.15) is 18.4 Å². The van der Waals surface area contributed by atoms with E-state index in [4.69, 9.17) is 15.2 Å². The van der Waals surface area contributed by atoms with Gasteiger partial charge in [-0.2, -0.15) is 0 Å². The molecule has 0 aliphatic heterocycles. The average molecular weight is 266 g/mol. The Hall–Kier alpha value is -1.43. The summed E-state index contributed by atoms with van der Waals surface area (Å²) in [5, 5.41) is 2.84. The number of hydrogen-bond donors (Lipinski definition) is 2. The van der Waals surface area contributed by atoms with Gasteiger partial charge in [0.2, 0.25) is 5.91 Å². The topological polar surface area (TPSA) is 73.6 Å². The van der Waals surface area contributed by atoms with Gasteiger partial charge in [-0.15, -0.1) is 0 Å². The summed E-state index contributed by atoms with van der Waals surface area (Å²) in [6.07, 6.45) is 1.15. The number of carbonyl (C=O) groups excluding carboxylic acids is 1. The first-order valence-electron chi connectivity index (χ1n) is 6.42. The Morgan fingerprint density at radius 2 is 1.95 bits per heavy atom. The van der Waals surface area contributed by atoms with Crippen molar-refractivity contribution in [2.75, 3.05) is 32.2 Å². The standard InChI is InChI=1S/C14H22N2O3/c1-18-9-10-19-8-2-3-14(17)16-13-6-4-12(11-15)5-7-13/h4-7H,2-3,8-11,15H2,1H3,(H,16,17). The first-order chi connectivity index (χ1) is 9.26. The second-order valence-electron chi connectivity index (χ2n) is 4.16. The summed E-state index contributed by atoms with van der Waals surface area (Å²) in [7, 11) is 1.63. The van der Waals surface area contributed by atoms with Crippen LogP contribution in [0.5, 0.6) is 0 Å². The van der Waals surface area contributed by atoms with Crippen molar-refractivity contribution in [3.63, 3.8) is 0 Å². The van der Waals surface area contributed by atoms with Crippen LogP contribution in [0.15, 0.2) is 24.3 Å². The molecule has 5 nitrogen and oxygen atoms in total. The number of amides is 1. The molecule has 106 valence electrons. The van der Waals surface area contributed by atoms with Crippen LogP contribution in [0, 0.1) is 0 Å². The van der Waals surface area contributed by atoms with Crippen molar-refractivity contribution in [2.24, 2.45) is 5.73 Å². The van der Waals surface area contributed by atoms with Crippen molar-refractivity contribution < 1.29 is 14.3 Å². The fraction of sp³-hybridized carbons (Fsp3) is 0.500. The van der Waals surface area contributed by atoms with Crippen LogP contribution in [-0.2, 0) is 20.8 Å². The Kier molecular flexibility index (Phi) is 7.81. The van der Waals surface area contributed by atoms with E-state index in [0.29, 0.717) is 39.2 Å². The lowest BCUT2D eigenvalue weighted by atomic mass is 10.2. The molecule has 0 aromatic heterocycles. The lowest BCUT2D eigenvalue weighted by Crippen LogP contribution is -2.13. The van der Waals surface area contributed by atoms with E-state index < -0.39 is 0 Å². The lowest BCUT2D eigenvalue weighted by Gasteiger charge is -2.06. The molecule has 0 aliphatic carbocycles. The van der Waals surface area contributed by atoms with Crippen molar-refractivity contribution in [1.29, 1.82) is 0 Å².